The highest BCUT2D eigenvalue weighted by Gasteiger charge is 2.41. The van der Waals surface area contributed by atoms with Crippen LogP contribution in [0.1, 0.15) is 42.7 Å². The van der Waals surface area contributed by atoms with Crippen molar-refractivity contribution in [2.75, 3.05) is 11.5 Å². The van der Waals surface area contributed by atoms with Gasteiger partial charge in [-0.2, -0.15) is 16.9 Å². The molecule has 7 heteroatoms. The Kier molecular flexibility index (Phi) is 5.16. The maximum absolute atomic E-state index is 12.5. The molecule has 0 atom stereocenters. The fourth-order valence-electron chi connectivity index (χ4n) is 2.60. The molecular weight excluding hydrogens is 302 g/mol. The molecule has 2 rings (SSSR count). The van der Waals surface area contributed by atoms with Crippen LogP contribution in [0.4, 0.5) is 0 Å². The predicted molar refractivity (Wildman–Crippen MR) is 86.2 cm³/mol. The number of amides is 1. The first-order chi connectivity index (χ1) is 10.4. The Bertz CT molecular complexity index is 562. The molecule has 0 unspecified atom stereocenters. The van der Waals surface area contributed by atoms with E-state index >= 15 is 0 Å². The summed E-state index contributed by atoms with van der Waals surface area (Å²) in [6.45, 7) is 6.74. The molecule has 1 amide bonds. The SMILES string of the molecule is Cc1c(C(=O)NC2(C(=O)O)CCSCC2)cnn1CC(C)C. The molecule has 0 aromatic carbocycles. The average Bonchev–Trinajstić information content (AvgIpc) is 2.80. The van der Waals surface area contributed by atoms with E-state index in [2.05, 4.69) is 24.3 Å². The summed E-state index contributed by atoms with van der Waals surface area (Å²) in [5, 5.41) is 16.5. The molecule has 0 aliphatic carbocycles. The monoisotopic (exact) mass is 325 g/mol. The third-order valence-corrected chi connectivity index (χ3v) is 4.98. The summed E-state index contributed by atoms with van der Waals surface area (Å²) < 4.78 is 1.80. The molecule has 0 radical (unpaired) electrons. The smallest absolute Gasteiger partial charge is 0.329 e. The number of hydrogen-bond donors (Lipinski definition) is 2. The van der Waals surface area contributed by atoms with Crippen molar-refractivity contribution in [1.82, 2.24) is 15.1 Å². The lowest BCUT2D eigenvalue weighted by atomic mass is 9.92. The number of aromatic nitrogens is 2. The van der Waals surface area contributed by atoms with Gasteiger partial charge in [-0.05, 0) is 37.2 Å². The van der Waals surface area contributed by atoms with Gasteiger partial charge in [0, 0.05) is 12.2 Å². The Morgan fingerprint density at radius 2 is 2.09 bits per heavy atom. The number of hydrogen-bond acceptors (Lipinski definition) is 4. The Balaban J connectivity index is 2.17. The first-order valence-electron chi connectivity index (χ1n) is 7.52. The van der Waals surface area contributed by atoms with Gasteiger partial charge < -0.3 is 10.4 Å². The van der Waals surface area contributed by atoms with E-state index in [9.17, 15) is 14.7 Å². The molecule has 0 spiro atoms. The Morgan fingerprint density at radius 3 is 2.64 bits per heavy atom. The van der Waals surface area contributed by atoms with Crippen LogP contribution in [0.5, 0.6) is 0 Å². The van der Waals surface area contributed by atoms with E-state index in [1.54, 1.807) is 16.4 Å². The molecule has 1 aromatic rings. The van der Waals surface area contributed by atoms with E-state index in [1.807, 2.05) is 6.92 Å². The third-order valence-electron chi connectivity index (χ3n) is 3.99. The van der Waals surface area contributed by atoms with Crippen molar-refractivity contribution in [3.05, 3.63) is 17.5 Å². The molecule has 6 nitrogen and oxygen atoms in total. The lowest BCUT2D eigenvalue weighted by Crippen LogP contribution is -2.56. The summed E-state index contributed by atoms with van der Waals surface area (Å²) in [7, 11) is 0. The molecule has 0 saturated carbocycles. The van der Waals surface area contributed by atoms with E-state index in [0.29, 0.717) is 24.3 Å². The number of rotatable bonds is 5. The Morgan fingerprint density at radius 1 is 1.45 bits per heavy atom. The molecule has 2 N–H and O–H groups in total. The zero-order chi connectivity index (χ0) is 16.3. The van der Waals surface area contributed by atoms with Gasteiger partial charge in [0.15, 0.2) is 0 Å². The quantitative estimate of drug-likeness (QED) is 0.864. The minimum atomic E-state index is -1.14. The van der Waals surface area contributed by atoms with Gasteiger partial charge in [-0.1, -0.05) is 13.8 Å². The highest BCUT2D eigenvalue weighted by Crippen LogP contribution is 2.28. The van der Waals surface area contributed by atoms with Gasteiger partial charge in [0.2, 0.25) is 0 Å². The predicted octanol–water partition coefficient (Wildman–Crippen LogP) is 1.93. The molecule has 122 valence electrons. The van der Waals surface area contributed by atoms with Gasteiger partial charge in [0.1, 0.15) is 5.54 Å². The van der Waals surface area contributed by atoms with Crippen molar-refractivity contribution in [2.24, 2.45) is 5.92 Å². The topological polar surface area (TPSA) is 84.2 Å². The average molecular weight is 325 g/mol. The van der Waals surface area contributed by atoms with Crippen LogP contribution in [0.15, 0.2) is 6.20 Å². The van der Waals surface area contributed by atoms with Crippen LogP contribution in [0.25, 0.3) is 0 Å². The zero-order valence-corrected chi connectivity index (χ0v) is 14.1. The molecule has 22 heavy (non-hydrogen) atoms. The van der Waals surface area contributed by atoms with Crippen molar-refractivity contribution in [2.45, 2.75) is 45.7 Å². The van der Waals surface area contributed by atoms with Crippen LogP contribution < -0.4 is 5.32 Å². The van der Waals surface area contributed by atoms with E-state index in [1.165, 1.54) is 6.20 Å². The highest BCUT2D eigenvalue weighted by molar-refractivity contribution is 7.99. The zero-order valence-electron chi connectivity index (χ0n) is 13.3. The third kappa shape index (κ3) is 3.45. The van der Waals surface area contributed by atoms with Gasteiger partial charge >= 0.3 is 5.97 Å². The van der Waals surface area contributed by atoms with E-state index in [4.69, 9.17) is 0 Å². The molecule has 1 aromatic heterocycles. The number of carbonyl (C=O) groups excluding carboxylic acids is 1. The van der Waals surface area contributed by atoms with Crippen LogP contribution in [-0.4, -0.2) is 43.8 Å². The van der Waals surface area contributed by atoms with Crippen molar-refractivity contribution in [3.63, 3.8) is 0 Å². The fraction of sp³-hybridized carbons (Fsp3) is 0.667. The Hall–Kier alpha value is -1.50. The summed E-state index contributed by atoms with van der Waals surface area (Å²) in [5.74, 6) is 0.626. The summed E-state index contributed by atoms with van der Waals surface area (Å²) in [4.78, 5) is 24.1. The van der Waals surface area contributed by atoms with Crippen LogP contribution in [0.2, 0.25) is 0 Å². The van der Waals surface area contributed by atoms with Crippen LogP contribution in [-0.2, 0) is 11.3 Å². The summed E-state index contributed by atoms with van der Waals surface area (Å²) in [5.41, 5.74) is 0.0889. The van der Waals surface area contributed by atoms with Gasteiger partial charge in [0.25, 0.3) is 5.91 Å². The van der Waals surface area contributed by atoms with Crippen LogP contribution in [0.3, 0.4) is 0 Å². The number of nitrogens with one attached hydrogen (secondary N) is 1. The highest BCUT2D eigenvalue weighted by atomic mass is 32.2. The van der Waals surface area contributed by atoms with Gasteiger partial charge in [-0.3, -0.25) is 9.48 Å². The largest absolute Gasteiger partial charge is 0.480 e. The lowest BCUT2D eigenvalue weighted by molar-refractivity contribution is -0.144. The second kappa shape index (κ2) is 6.73. The number of carboxylic acid groups (broad SMARTS) is 1. The van der Waals surface area contributed by atoms with Crippen molar-refractivity contribution >= 4 is 23.6 Å². The number of thioether (sulfide) groups is 1. The molecular formula is C15H23N3O3S. The molecule has 1 saturated heterocycles. The number of nitrogens with zero attached hydrogens (tertiary/aromatic N) is 2. The second-order valence-corrected chi connectivity index (χ2v) is 7.40. The maximum Gasteiger partial charge on any atom is 0.329 e. The van der Waals surface area contributed by atoms with Gasteiger partial charge in [-0.25, -0.2) is 4.79 Å². The minimum absolute atomic E-state index is 0.346. The van der Waals surface area contributed by atoms with E-state index in [-0.39, 0.29) is 5.91 Å². The minimum Gasteiger partial charge on any atom is -0.480 e. The maximum atomic E-state index is 12.5. The van der Waals surface area contributed by atoms with Crippen molar-refractivity contribution < 1.29 is 14.7 Å². The number of carboxylic acids is 1. The molecule has 1 fully saturated rings. The molecule has 0 bridgehead atoms. The van der Waals surface area contributed by atoms with Crippen molar-refractivity contribution in [3.8, 4) is 0 Å². The second-order valence-electron chi connectivity index (χ2n) is 6.17. The fourth-order valence-corrected chi connectivity index (χ4v) is 3.79. The molecule has 1 aliphatic heterocycles. The molecule has 1 aliphatic rings. The Labute approximate surface area is 134 Å². The van der Waals surface area contributed by atoms with Gasteiger partial charge in [0.05, 0.1) is 11.8 Å². The number of aliphatic carboxylic acids is 1. The van der Waals surface area contributed by atoms with Crippen molar-refractivity contribution in [1.29, 1.82) is 0 Å². The molecule has 2 heterocycles. The standard InChI is InChI=1S/C15H23N3O3S/c1-10(2)9-18-11(3)12(8-16-18)13(19)17-15(14(20)21)4-6-22-7-5-15/h8,10H,4-7,9H2,1-3H3,(H,17,19)(H,20,21). The number of carbonyl (C=O) groups is 2. The normalized spacial score (nSPS) is 17.5. The lowest BCUT2D eigenvalue weighted by Gasteiger charge is -2.33. The van der Waals surface area contributed by atoms with E-state index in [0.717, 1.165) is 23.7 Å². The van der Waals surface area contributed by atoms with Gasteiger partial charge in [-0.15, -0.1) is 0 Å². The van der Waals surface area contributed by atoms with Crippen LogP contribution >= 0.6 is 11.8 Å². The van der Waals surface area contributed by atoms with Crippen LogP contribution in [0, 0.1) is 12.8 Å². The first-order valence-corrected chi connectivity index (χ1v) is 8.67. The summed E-state index contributed by atoms with van der Waals surface area (Å²) in [6, 6.07) is 0. The summed E-state index contributed by atoms with van der Waals surface area (Å²) in [6.07, 6.45) is 2.44. The summed E-state index contributed by atoms with van der Waals surface area (Å²) >= 11 is 1.72. The first kappa shape index (κ1) is 16.9. The van der Waals surface area contributed by atoms with E-state index < -0.39 is 11.5 Å².